The third-order valence-electron chi connectivity index (χ3n) is 4.39. The summed E-state index contributed by atoms with van der Waals surface area (Å²) in [5.41, 5.74) is 0.176. The second-order valence-corrected chi connectivity index (χ2v) is 10.6. The van der Waals surface area contributed by atoms with Crippen LogP contribution in [0.25, 0.3) is 0 Å². The van der Waals surface area contributed by atoms with Gasteiger partial charge in [0, 0.05) is 0 Å². The van der Waals surface area contributed by atoms with Crippen molar-refractivity contribution in [3.05, 3.63) is 0 Å². The summed E-state index contributed by atoms with van der Waals surface area (Å²) in [6, 6.07) is 0. The quantitative estimate of drug-likeness (QED) is 0.514. The van der Waals surface area contributed by atoms with Gasteiger partial charge in [0.05, 0.1) is 18.3 Å². The van der Waals surface area contributed by atoms with Crippen LogP contribution in [-0.2, 0) is 13.6 Å². The maximum atomic E-state index is 6.17. The highest BCUT2D eigenvalue weighted by molar-refractivity contribution is 7.41. The molecular formula is C18H39O3P. The highest BCUT2D eigenvalue weighted by Gasteiger charge is 2.34. The average molecular weight is 334 g/mol. The van der Waals surface area contributed by atoms with Crippen LogP contribution in [-0.4, -0.2) is 18.3 Å². The van der Waals surface area contributed by atoms with Gasteiger partial charge >= 0.3 is 8.60 Å². The van der Waals surface area contributed by atoms with E-state index in [1.165, 1.54) is 0 Å². The Kier molecular flexibility index (Phi) is 8.03. The molecule has 3 unspecified atom stereocenters. The molecule has 0 rings (SSSR count). The van der Waals surface area contributed by atoms with Crippen LogP contribution in [0.2, 0.25) is 0 Å². The Labute approximate surface area is 140 Å². The van der Waals surface area contributed by atoms with Crippen LogP contribution in [0.3, 0.4) is 0 Å². The smallest absolute Gasteiger partial charge is 0.309 e. The Balaban J connectivity index is 5.00. The maximum absolute atomic E-state index is 6.17. The van der Waals surface area contributed by atoms with Gasteiger partial charge in [-0.05, 0) is 37.0 Å². The SMILES string of the molecule is CC(OP(OC(C)C(C)(C)C)OC(C)C(C)(C)C)C(C)(C)C. The minimum Gasteiger partial charge on any atom is -0.309 e. The van der Waals surface area contributed by atoms with Gasteiger partial charge in [-0.25, -0.2) is 0 Å². The second kappa shape index (κ2) is 7.92. The van der Waals surface area contributed by atoms with Crippen LogP contribution in [0.15, 0.2) is 0 Å². The molecule has 3 nitrogen and oxygen atoms in total. The molecule has 0 N–H and O–H groups in total. The third kappa shape index (κ3) is 8.24. The predicted molar refractivity (Wildman–Crippen MR) is 96.9 cm³/mol. The lowest BCUT2D eigenvalue weighted by molar-refractivity contribution is -0.00178. The highest BCUT2D eigenvalue weighted by Crippen LogP contribution is 2.49. The minimum atomic E-state index is -1.37. The first-order chi connectivity index (χ1) is 9.55. The van der Waals surface area contributed by atoms with E-state index < -0.39 is 8.60 Å². The molecule has 0 bridgehead atoms. The zero-order valence-corrected chi connectivity index (χ0v) is 17.8. The van der Waals surface area contributed by atoms with Crippen LogP contribution >= 0.6 is 8.60 Å². The Morgan fingerprint density at radius 2 is 0.682 bits per heavy atom. The van der Waals surface area contributed by atoms with Gasteiger partial charge in [-0.3, -0.25) is 0 Å². The van der Waals surface area contributed by atoms with E-state index in [0.29, 0.717) is 0 Å². The van der Waals surface area contributed by atoms with Crippen molar-refractivity contribution in [3.8, 4) is 0 Å². The lowest BCUT2D eigenvalue weighted by Gasteiger charge is -2.36. The van der Waals surface area contributed by atoms with Crippen LogP contribution in [0.1, 0.15) is 83.1 Å². The molecular weight excluding hydrogens is 295 g/mol. The summed E-state index contributed by atoms with van der Waals surface area (Å²) in [6.07, 6.45) is 0.203. The molecule has 0 spiro atoms. The first-order valence-corrected chi connectivity index (χ1v) is 9.45. The summed E-state index contributed by atoms with van der Waals surface area (Å²) >= 11 is 0. The van der Waals surface area contributed by atoms with E-state index >= 15 is 0 Å². The molecule has 0 aromatic carbocycles. The molecule has 0 aliphatic carbocycles. The minimum absolute atomic E-state index is 0.0588. The maximum Gasteiger partial charge on any atom is 0.333 e. The molecule has 0 saturated heterocycles. The van der Waals surface area contributed by atoms with E-state index in [1.54, 1.807) is 0 Å². The van der Waals surface area contributed by atoms with Crippen molar-refractivity contribution in [1.82, 2.24) is 0 Å². The van der Waals surface area contributed by atoms with Crippen molar-refractivity contribution in [3.63, 3.8) is 0 Å². The predicted octanol–water partition coefficient (Wildman–Crippen LogP) is 6.57. The van der Waals surface area contributed by atoms with E-state index in [2.05, 4.69) is 83.1 Å². The van der Waals surface area contributed by atoms with Crippen molar-refractivity contribution >= 4 is 8.60 Å². The molecule has 134 valence electrons. The van der Waals surface area contributed by atoms with E-state index in [9.17, 15) is 0 Å². The fourth-order valence-electron chi connectivity index (χ4n) is 0.936. The van der Waals surface area contributed by atoms with Crippen molar-refractivity contribution in [1.29, 1.82) is 0 Å². The zero-order valence-electron chi connectivity index (χ0n) is 16.9. The average Bonchev–Trinajstić information content (AvgIpc) is 2.24. The largest absolute Gasteiger partial charge is 0.333 e. The van der Waals surface area contributed by atoms with Gasteiger partial charge in [0.1, 0.15) is 0 Å². The molecule has 22 heavy (non-hydrogen) atoms. The first-order valence-electron chi connectivity index (χ1n) is 8.35. The van der Waals surface area contributed by atoms with Gasteiger partial charge in [-0.15, -0.1) is 0 Å². The summed E-state index contributed by atoms with van der Waals surface area (Å²) in [4.78, 5) is 0. The molecule has 0 heterocycles. The molecule has 3 atom stereocenters. The number of hydrogen-bond acceptors (Lipinski definition) is 3. The van der Waals surface area contributed by atoms with Crippen LogP contribution < -0.4 is 0 Å². The summed E-state index contributed by atoms with van der Waals surface area (Å²) in [5.74, 6) is 0. The van der Waals surface area contributed by atoms with Crippen LogP contribution in [0.5, 0.6) is 0 Å². The monoisotopic (exact) mass is 334 g/mol. The molecule has 0 saturated carbocycles. The Hall–Kier alpha value is 0.310. The van der Waals surface area contributed by atoms with Crippen molar-refractivity contribution < 1.29 is 13.6 Å². The van der Waals surface area contributed by atoms with Crippen molar-refractivity contribution in [2.45, 2.75) is 101 Å². The third-order valence-corrected chi connectivity index (χ3v) is 5.86. The Morgan fingerprint density at radius 3 is 0.818 bits per heavy atom. The van der Waals surface area contributed by atoms with Gasteiger partial charge in [0.25, 0.3) is 0 Å². The summed E-state index contributed by atoms with van der Waals surface area (Å²) < 4.78 is 18.5. The normalized spacial score (nSPS) is 19.6. The Bertz CT molecular complexity index is 270. The zero-order chi connectivity index (χ0) is 17.9. The molecule has 0 aromatic rings. The van der Waals surface area contributed by atoms with Gasteiger partial charge in [0.2, 0.25) is 0 Å². The molecule has 4 heteroatoms. The fraction of sp³-hybridized carbons (Fsp3) is 1.00. The summed E-state index contributed by atoms with van der Waals surface area (Å²) in [7, 11) is -1.37. The van der Waals surface area contributed by atoms with Gasteiger partial charge in [0.15, 0.2) is 0 Å². The molecule has 0 amide bonds. The molecule has 0 aromatic heterocycles. The second-order valence-electron chi connectivity index (χ2n) is 9.56. The molecule has 0 radical (unpaired) electrons. The topological polar surface area (TPSA) is 27.7 Å². The molecule has 0 aliphatic rings. The van der Waals surface area contributed by atoms with E-state index in [-0.39, 0.29) is 34.6 Å². The van der Waals surface area contributed by atoms with E-state index in [0.717, 1.165) is 0 Å². The van der Waals surface area contributed by atoms with Gasteiger partial charge < -0.3 is 13.6 Å². The highest BCUT2D eigenvalue weighted by atomic mass is 31.2. The van der Waals surface area contributed by atoms with Gasteiger partial charge in [-0.2, -0.15) is 0 Å². The van der Waals surface area contributed by atoms with E-state index in [4.69, 9.17) is 13.6 Å². The Morgan fingerprint density at radius 1 is 0.500 bits per heavy atom. The van der Waals surface area contributed by atoms with Crippen LogP contribution in [0, 0.1) is 16.2 Å². The van der Waals surface area contributed by atoms with Crippen molar-refractivity contribution in [2.75, 3.05) is 0 Å². The summed E-state index contributed by atoms with van der Waals surface area (Å²) in [6.45, 7) is 25.8. The summed E-state index contributed by atoms with van der Waals surface area (Å²) in [5, 5.41) is 0. The lowest BCUT2D eigenvalue weighted by atomic mass is 9.91. The van der Waals surface area contributed by atoms with Gasteiger partial charge in [-0.1, -0.05) is 62.3 Å². The van der Waals surface area contributed by atoms with E-state index in [1.807, 2.05) is 0 Å². The fourth-order valence-corrected chi connectivity index (χ4v) is 2.81. The lowest BCUT2D eigenvalue weighted by Crippen LogP contribution is -2.31. The number of rotatable bonds is 6. The van der Waals surface area contributed by atoms with Crippen molar-refractivity contribution in [2.24, 2.45) is 16.2 Å². The standard InChI is InChI=1S/C18H39O3P/c1-13(16(4,5)6)19-22(20-14(2)17(7,8)9)21-15(3)18(10,11)12/h13-15H,1-12H3. The number of hydrogen-bond donors (Lipinski definition) is 0. The first kappa shape index (κ1) is 22.3. The molecule has 0 fully saturated rings. The van der Waals surface area contributed by atoms with Crippen LogP contribution in [0.4, 0.5) is 0 Å². The molecule has 0 aliphatic heterocycles.